The van der Waals surface area contributed by atoms with Gasteiger partial charge < -0.3 is 15.4 Å². The zero-order chi connectivity index (χ0) is 13.7. The van der Waals surface area contributed by atoms with E-state index in [0.29, 0.717) is 6.04 Å². The summed E-state index contributed by atoms with van der Waals surface area (Å²) in [6.07, 6.45) is 8.26. The lowest BCUT2D eigenvalue weighted by atomic mass is 9.79. The number of ether oxygens (including phenoxy) is 1. The fourth-order valence-corrected chi connectivity index (χ4v) is 3.79. The van der Waals surface area contributed by atoms with E-state index in [1.807, 2.05) is 0 Å². The molecule has 19 heavy (non-hydrogen) atoms. The van der Waals surface area contributed by atoms with Gasteiger partial charge in [0.25, 0.3) is 0 Å². The summed E-state index contributed by atoms with van der Waals surface area (Å²) >= 11 is 0. The Morgan fingerprint density at radius 3 is 2.63 bits per heavy atom. The van der Waals surface area contributed by atoms with Crippen LogP contribution in [0.3, 0.4) is 0 Å². The Hall–Kier alpha value is -0.120. The van der Waals surface area contributed by atoms with Crippen LogP contribution < -0.4 is 10.6 Å². The second-order valence-corrected chi connectivity index (χ2v) is 6.83. The van der Waals surface area contributed by atoms with Crippen LogP contribution in [0.15, 0.2) is 0 Å². The van der Waals surface area contributed by atoms with Gasteiger partial charge in [0.1, 0.15) is 0 Å². The first-order valence-corrected chi connectivity index (χ1v) is 8.23. The highest BCUT2D eigenvalue weighted by molar-refractivity contribution is 4.92. The first-order valence-electron chi connectivity index (χ1n) is 8.23. The highest BCUT2D eigenvalue weighted by atomic mass is 16.5. The van der Waals surface area contributed by atoms with Crippen LogP contribution in [0.4, 0.5) is 0 Å². The molecule has 1 saturated carbocycles. The van der Waals surface area contributed by atoms with Crippen LogP contribution >= 0.6 is 0 Å². The zero-order valence-corrected chi connectivity index (χ0v) is 13.0. The van der Waals surface area contributed by atoms with E-state index in [2.05, 4.69) is 31.4 Å². The van der Waals surface area contributed by atoms with Crippen LogP contribution in [0.25, 0.3) is 0 Å². The number of nitrogens with one attached hydrogen (secondary N) is 2. The molecule has 3 nitrogen and oxygen atoms in total. The molecule has 0 bridgehead atoms. The summed E-state index contributed by atoms with van der Waals surface area (Å²) in [5, 5.41) is 7.52. The Morgan fingerprint density at radius 1 is 1.16 bits per heavy atom. The van der Waals surface area contributed by atoms with E-state index in [-0.39, 0.29) is 5.60 Å². The predicted molar refractivity (Wildman–Crippen MR) is 80.5 cm³/mol. The molecule has 0 spiro atoms. The monoisotopic (exact) mass is 268 g/mol. The van der Waals surface area contributed by atoms with Crippen LogP contribution in [-0.4, -0.2) is 37.4 Å². The van der Waals surface area contributed by atoms with Crippen LogP contribution in [0, 0.1) is 5.92 Å². The quantitative estimate of drug-likeness (QED) is 0.777. The summed E-state index contributed by atoms with van der Waals surface area (Å²) in [6.45, 7) is 9.44. The van der Waals surface area contributed by atoms with Crippen molar-refractivity contribution in [2.75, 3.05) is 19.7 Å². The summed E-state index contributed by atoms with van der Waals surface area (Å²) in [5.41, 5.74) is -0.0418. The maximum atomic E-state index is 5.80. The number of rotatable bonds is 6. The van der Waals surface area contributed by atoms with E-state index in [9.17, 15) is 0 Å². The lowest BCUT2D eigenvalue weighted by molar-refractivity contribution is -0.0133. The van der Waals surface area contributed by atoms with E-state index in [0.717, 1.165) is 25.1 Å². The Kier molecular flexibility index (Phi) is 5.67. The Labute approximate surface area is 118 Å². The van der Waals surface area contributed by atoms with E-state index >= 15 is 0 Å². The summed E-state index contributed by atoms with van der Waals surface area (Å²) in [4.78, 5) is 0. The minimum atomic E-state index is -0.0418. The fraction of sp³-hybridized carbons (Fsp3) is 1.00. The molecular formula is C16H32N2O. The van der Waals surface area contributed by atoms with E-state index in [1.54, 1.807) is 0 Å². The molecule has 1 saturated heterocycles. The van der Waals surface area contributed by atoms with Crippen LogP contribution in [0.2, 0.25) is 0 Å². The van der Waals surface area contributed by atoms with Crippen molar-refractivity contribution in [2.45, 2.75) is 77.0 Å². The van der Waals surface area contributed by atoms with E-state index in [1.165, 1.54) is 45.1 Å². The summed E-state index contributed by atoms with van der Waals surface area (Å²) in [5.74, 6) is 0.827. The van der Waals surface area contributed by atoms with Gasteiger partial charge in [-0.2, -0.15) is 0 Å². The third kappa shape index (κ3) is 4.44. The Balaban J connectivity index is 1.85. The molecule has 0 radical (unpaired) electrons. The van der Waals surface area contributed by atoms with Crippen molar-refractivity contribution < 1.29 is 4.74 Å². The molecular weight excluding hydrogens is 236 g/mol. The molecule has 112 valence electrons. The molecule has 2 rings (SSSR count). The minimum absolute atomic E-state index is 0.0418. The van der Waals surface area contributed by atoms with Gasteiger partial charge in [-0.05, 0) is 58.9 Å². The summed E-state index contributed by atoms with van der Waals surface area (Å²) < 4.78 is 5.80. The van der Waals surface area contributed by atoms with Gasteiger partial charge in [0.2, 0.25) is 0 Å². The normalized spacial score (nSPS) is 32.7. The SMILES string of the molecule is CCOC(C)(C)CNC1CCCCC1C1CCCN1. The van der Waals surface area contributed by atoms with Crippen LogP contribution in [-0.2, 0) is 4.74 Å². The van der Waals surface area contributed by atoms with E-state index < -0.39 is 0 Å². The first-order chi connectivity index (χ1) is 9.12. The van der Waals surface area contributed by atoms with Crippen molar-refractivity contribution in [3.63, 3.8) is 0 Å². The Morgan fingerprint density at radius 2 is 1.95 bits per heavy atom. The predicted octanol–water partition coefficient (Wildman–Crippen LogP) is 2.70. The van der Waals surface area contributed by atoms with Crippen LogP contribution in [0.5, 0.6) is 0 Å². The average Bonchev–Trinajstić information content (AvgIpc) is 2.90. The third-order valence-corrected chi connectivity index (χ3v) is 4.76. The molecule has 3 unspecified atom stereocenters. The van der Waals surface area contributed by atoms with Gasteiger partial charge in [-0.3, -0.25) is 0 Å². The second kappa shape index (κ2) is 7.05. The van der Waals surface area contributed by atoms with Gasteiger partial charge in [-0.1, -0.05) is 12.8 Å². The Bertz CT molecular complexity index is 261. The maximum Gasteiger partial charge on any atom is 0.0750 e. The molecule has 3 atom stereocenters. The molecule has 1 aliphatic heterocycles. The largest absolute Gasteiger partial charge is 0.375 e. The van der Waals surface area contributed by atoms with Crippen LogP contribution in [0.1, 0.15) is 59.3 Å². The number of hydrogen-bond donors (Lipinski definition) is 2. The minimum Gasteiger partial charge on any atom is -0.375 e. The van der Waals surface area contributed by atoms with E-state index in [4.69, 9.17) is 4.74 Å². The van der Waals surface area contributed by atoms with Gasteiger partial charge >= 0.3 is 0 Å². The standard InChI is InChI=1S/C16H32N2O/c1-4-19-16(2,3)12-18-15-9-6-5-8-13(15)14-10-7-11-17-14/h13-15,17-18H,4-12H2,1-3H3. The smallest absolute Gasteiger partial charge is 0.0750 e. The molecule has 0 amide bonds. The molecule has 3 heteroatoms. The maximum absolute atomic E-state index is 5.80. The van der Waals surface area contributed by atoms with Gasteiger partial charge in [0, 0.05) is 25.2 Å². The molecule has 2 N–H and O–H groups in total. The molecule has 0 aromatic rings. The molecule has 2 fully saturated rings. The lowest BCUT2D eigenvalue weighted by Gasteiger charge is -2.38. The van der Waals surface area contributed by atoms with Gasteiger partial charge in [0.15, 0.2) is 0 Å². The average molecular weight is 268 g/mol. The van der Waals surface area contributed by atoms with Gasteiger partial charge in [-0.25, -0.2) is 0 Å². The molecule has 1 heterocycles. The van der Waals surface area contributed by atoms with Crippen molar-refractivity contribution in [1.82, 2.24) is 10.6 Å². The topological polar surface area (TPSA) is 33.3 Å². The highest BCUT2D eigenvalue weighted by Crippen LogP contribution is 2.30. The van der Waals surface area contributed by atoms with Crippen molar-refractivity contribution in [3.05, 3.63) is 0 Å². The molecule has 1 aliphatic carbocycles. The second-order valence-electron chi connectivity index (χ2n) is 6.83. The fourth-order valence-electron chi connectivity index (χ4n) is 3.79. The highest BCUT2D eigenvalue weighted by Gasteiger charge is 2.33. The lowest BCUT2D eigenvalue weighted by Crippen LogP contribution is -2.50. The number of hydrogen-bond acceptors (Lipinski definition) is 3. The van der Waals surface area contributed by atoms with Crippen molar-refractivity contribution in [2.24, 2.45) is 5.92 Å². The van der Waals surface area contributed by atoms with Crippen molar-refractivity contribution >= 4 is 0 Å². The molecule has 2 aliphatic rings. The van der Waals surface area contributed by atoms with Crippen molar-refractivity contribution in [3.8, 4) is 0 Å². The molecule has 0 aromatic carbocycles. The molecule has 0 aromatic heterocycles. The zero-order valence-electron chi connectivity index (χ0n) is 13.0. The van der Waals surface area contributed by atoms with Gasteiger partial charge in [-0.15, -0.1) is 0 Å². The van der Waals surface area contributed by atoms with Gasteiger partial charge in [0.05, 0.1) is 5.60 Å². The first kappa shape index (κ1) is 15.3. The third-order valence-electron chi connectivity index (χ3n) is 4.76. The summed E-state index contributed by atoms with van der Waals surface area (Å²) in [7, 11) is 0. The van der Waals surface area contributed by atoms with Crippen molar-refractivity contribution in [1.29, 1.82) is 0 Å². The summed E-state index contributed by atoms with van der Waals surface area (Å²) in [6, 6.07) is 1.44.